The molecule has 7 heteroatoms. The van der Waals surface area contributed by atoms with Crippen LogP contribution in [-0.4, -0.2) is 35.9 Å². The summed E-state index contributed by atoms with van der Waals surface area (Å²) in [5, 5.41) is 9.79. The summed E-state index contributed by atoms with van der Waals surface area (Å²) in [4.78, 5) is 16.2. The topological polar surface area (TPSA) is 81.8 Å². The van der Waals surface area contributed by atoms with Gasteiger partial charge in [-0.25, -0.2) is 4.98 Å². The smallest absolute Gasteiger partial charge is 0.305 e. The molecule has 0 aliphatic rings. The second-order valence-electron chi connectivity index (χ2n) is 7.42. The first-order valence-electron chi connectivity index (χ1n) is 10.5. The number of carboxylic acids is 1. The molecule has 4 rings (SSSR count). The minimum atomic E-state index is -0.844. The zero-order valence-electron chi connectivity index (χ0n) is 17.9. The molecule has 0 bridgehead atoms. The van der Waals surface area contributed by atoms with E-state index in [1.807, 2.05) is 43.3 Å². The first kappa shape index (κ1) is 22.0. The minimum absolute atomic E-state index is 0.0311. The molecule has 166 valence electrons. The summed E-state index contributed by atoms with van der Waals surface area (Å²) in [5.41, 5.74) is 2.03. The number of nitrogens with zero attached hydrogens (tertiary/aromatic N) is 1. The van der Waals surface area contributed by atoms with Crippen molar-refractivity contribution in [1.29, 1.82) is 0 Å². The molecular formula is C25H25NO5S. The quantitative estimate of drug-likeness (QED) is 0.302. The van der Waals surface area contributed by atoms with Crippen molar-refractivity contribution >= 4 is 27.4 Å². The number of hydrogen-bond donors (Lipinski definition) is 1. The van der Waals surface area contributed by atoms with Crippen LogP contribution in [0, 0.1) is 6.92 Å². The normalized spacial score (nSPS) is 11.2. The van der Waals surface area contributed by atoms with E-state index in [9.17, 15) is 4.79 Å². The van der Waals surface area contributed by atoms with E-state index in [4.69, 9.17) is 24.0 Å². The molecule has 0 fully saturated rings. The van der Waals surface area contributed by atoms with Gasteiger partial charge in [-0.1, -0.05) is 30.3 Å². The lowest BCUT2D eigenvalue weighted by atomic mass is 10.1. The van der Waals surface area contributed by atoms with Crippen LogP contribution in [0.15, 0.2) is 59.0 Å². The molecule has 0 saturated carbocycles. The van der Waals surface area contributed by atoms with Gasteiger partial charge in [0.1, 0.15) is 11.5 Å². The summed E-state index contributed by atoms with van der Waals surface area (Å²) in [6, 6.07) is 18.2. The molecule has 0 aliphatic carbocycles. The largest absolute Gasteiger partial charge is 0.493 e. The fourth-order valence-electron chi connectivity index (χ4n) is 3.32. The number of benzene rings is 2. The first-order valence-corrected chi connectivity index (χ1v) is 11.4. The Labute approximate surface area is 190 Å². The van der Waals surface area contributed by atoms with Gasteiger partial charge in [-0.15, -0.1) is 11.3 Å². The second kappa shape index (κ2) is 10.4. The van der Waals surface area contributed by atoms with E-state index in [1.165, 1.54) is 10.1 Å². The van der Waals surface area contributed by atoms with Gasteiger partial charge in [0.2, 0.25) is 5.89 Å². The molecule has 0 amide bonds. The highest BCUT2D eigenvalue weighted by Crippen LogP contribution is 2.33. The van der Waals surface area contributed by atoms with E-state index in [2.05, 4.69) is 18.2 Å². The Kier molecular flexibility index (Phi) is 7.19. The van der Waals surface area contributed by atoms with Gasteiger partial charge in [0.25, 0.3) is 0 Å². The molecule has 1 N–H and O–H groups in total. The maximum absolute atomic E-state index is 10.5. The van der Waals surface area contributed by atoms with Gasteiger partial charge in [-0.2, -0.15) is 0 Å². The fourth-order valence-corrected chi connectivity index (χ4v) is 4.31. The van der Waals surface area contributed by atoms with Crippen LogP contribution in [0.25, 0.3) is 20.9 Å². The maximum atomic E-state index is 10.5. The maximum Gasteiger partial charge on any atom is 0.305 e. The van der Waals surface area contributed by atoms with Crippen molar-refractivity contribution in [2.24, 2.45) is 0 Å². The lowest BCUT2D eigenvalue weighted by Gasteiger charge is -2.07. The lowest BCUT2D eigenvalue weighted by molar-refractivity contribution is -0.138. The third kappa shape index (κ3) is 5.75. The Balaban J connectivity index is 1.26. The van der Waals surface area contributed by atoms with Crippen LogP contribution in [-0.2, 0) is 22.4 Å². The van der Waals surface area contributed by atoms with E-state index in [0.717, 1.165) is 34.1 Å². The number of thiophene rings is 1. The fraction of sp³-hybridized carbons (Fsp3) is 0.280. The van der Waals surface area contributed by atoms with Crippen molar-refractivity contribution in [2.75, 3.05) is 19.8 Å². The molecule has 0 saturated heterocycles. The molecule has 4 aromatic rings. The molecule has 0 aliphatic heterocycles. The van der Waals surface area contributed by atoms with Gasteiger partial charge < -0.3 is 19.0 Å². The number of fused-ring (bicyclic) bond motifs is 1. The Bertz CT molecular complexity index is 1150. The van der Waals surface area contributed by atoms with Gasteiger partial charge in [0.15, 0.2) is 0 Å². The molecule has 2 aromatic carbocycles. The number of carbonyl (C=O) groups is 1. The van der Waals surface area contributed by atoms with Crippen molar-refractivity contribution in [3.8, 4) is 16.5 Å². The predicted octanol–water partition coefficient (Wildman–Crippen LogP) is 5.52. The minimum Gasteiger partial charge on any atom is -0.493 e. The van der Waals surface area contributed by atoms with Crippen LogP contribution in [0.2, 0.25) is 0 Å². The van der Waals surface area contributed by atoms with Crippen molar-refractivity contribution < 1.29 is 23.8 Å². The molecule has 0 unspecified atom stereocenters. The zero-order chi connectivity index (χ0) is 22.3. The number of carboxylic acid groups (broad SMARTS) is 1. The van der Waals surface area contributed by atoms with Gasteiger partial charge in [0, 0.05) is 11.1 Å². The number of aryl methyl sites for hydroxylation is 1. The summed E-state index contributed by atoms with van der Waals surface area (Å²) < 4.78 is 18.3. The number of aromatic nitrogens is 1. The number of ether oxygens (including phenoxy) is 2. The van der Waals surface area contributed by atoms with Gasteiger partial charge in [0.05, 0.1) is 36.8 Å². The highest BCUT2D eigenvalue weighted by Gasteiger charge is 2.14. The highest BCUT2D eigenvalue weighted by molar-refractivity contribution is 7.22. The number of aliphatic carboxylic acids is 1. The zero-order valence-corrected chi connectivity index (χ0v) is 18.7. The molecule has 2 heterocycles. The van der Waals surface area contributed by atoms with E-state index in [-0.39, 0.29) is 13.0 Å². The Morgan fingerprint density at radius 1 is 1.06 bits per heavy atom. The van der Waals surface area contributed by atoms with E-state index < -0.39 is 5.97 Å². The third-order valence-corrected chi connectivity index (χ3v) is 6.16. The van der Waals surface area contributed by atoms with Crippen molar-refractivity contribution in [3.63, 3.8) is 0 Å². The van der Waals surface area contributed by atoms with Crippen LogP contribution in [0.4, 0.5) is 0 Å². The number of hydrogen-bond acceptors (Lipinski definition) is 6. The summed E-state index contributed by atoms with van der Waals surface area (Å²) in [6.07, 6.45) is 1.43. The number of oxazole rings is 1. The van der Waals surface area contributed by atoms with Crippen LogP contribution in [0.3, 0.4) is 0 Å². The van der Waals surface area contributed by atoms with Gasteiger partial charge >= 0.3 is 5.97 Å². The van der Waals surface area contributed by atoms with Crippen LogP contribution < -0.4 is 4.74 Å². The van der Waals surface area contributed by atoms with Crippen molar-refractivity contribution in [3.05, 3.63) is 71.6 Å². The van der Waals surface area contributed by atoms with E-state index >= 15 is 0 Å². The van der Waals surface area contributed by atoms with Crippen molar-refractivity contribution in [2.45, 2.75) is 26.2 Å². The predicted molar refractivity (Wildman–Crippen MR) is 124 cm³/mol. The van der Waals surface area contributed by atoms with Gasteiger partial charge in [-0.3, -0.25) is 4.79 Å². The lowest BCUT2D eigenvalue weighted by Crippen LogP contribution is -2.05. The van der Waals surface area contributed by atoms with Crippen LogP contribution in [0.5, 0.6) is 5.75 Å². The molecule has 6 nitrogen and oxygen atoms in total. The van der Waals surface area contributed by atoms with E-state index in [1.54, 1.807) is 11.3 Å². The Morgan fingerprint density at radius 3 is 2.66 bits per heavy atom. The van der Waals surface area contributed by atoms with Gasteiger partial charge in [-0.05, 0) is 48.6 Å². The average Bonchev–Trinajstić information content (AvgIpc) is 3.38. The summed E-state index contributed by atoms with van der Waals surface area (Å²) in [6.45, 7) is 3.19. The molecule has 2 aromatic heterocycles. The van der Waals surface area contributed by atoms with Crippen LogP contribution in [0.1, 0.15) is 23.4 Å². The summed E-state index contributed by atoms with van der Waals surface area (Å²) >= 11 is 1.68. The molecule has 0 radical (unpaired) electrons. The molecule has 32 heavy (non-hydrogen) atoms. The highest BCUT2D eigenvalue weighted by atomic mass is 32.1. The SMILES string of the molecule is Cc1oc(-c2cc3ccccc3s2)nc1CCOc1ccc(CCOCCC(=O)O)cc1. The summed E-state index contributed by atoms with van der Waals surface area (Å²) in [7, 11) is 0. The molecule has 0 spiro atoms. The first-order chi connectivity index (χ1) is 15.6. The second-order valence-corrected chi connectivity index (χ2v) is 8.50. The van der Waals surface area contributed by atoms with E-state index in [0.29, 0.717) is 25.5 Å². The standard InChI is InChI=1S/C25H25NO5S/c1-17-21(26-25(31-17)23-16-19-4-2-3-5-22(19)32-23)11-15-30-20-8-6-18(7-9-20)10-13-29-14-12-24(27)28/h2-9,16H,10-15H2,1H3,(H,27,28). The average molecular weight is 452 g/mol. The Morgan fingerprint density at radius 2 is 1.88 bits per heavy atom. The van der Waals surface area contributed by atoms with Crippen molar-refractivity contribution in [1.82, 2.24) is 4.98 Å². The monoisotopic (exact) mass is 451 g/mol. The summed E-state index contributed by atoms with van der Waals surface area (Å²) in [5.74, 6) is 1.43. The molecular weight excluding hydrogens is 426 g/mol. The number of rotatable bonds is 11. The Hall–Kier alpha value is -3.16. The molecule has 0 atom stereocenters. The van der Waals surface area contributed by atoms with Crippen LogP contribution >= 0.6 is 11.3 Å². The third-order valence-electron chi connectivity index (χ3n) is 5.06.